The van der Waals surface area contributed by atoms with Gasteiger partial charge in [-0.15, -0.1) is 0 Å². The molecule has 0 atom stereocenters. The monoisotopic (exact) mass is 282 g/mol. The van der Waals surface area contributed by atoms with Crippen LogP contribution in [0.15, 0.2) is 24.3 Å². The third-order valence-corrected chi connectivity index (χ3v) is 3.67. The molecule has 18 heavy (non-hydrogen) atoms. The molecule has 1 N–H and O–H groups in total. The topological polar surface area (TPSA) is 51.2 Å². The second kappa shape index (κ2) is 5.37. The molecular weight excluding hydrogens is 272 g/mol. The number of aromatic nitrogens is 1. The summed E-state index contributed by atoms with van der Waals surface area (Å²) in [5.74, 6) is -0.378. The van der Waals surface area contributed by atoms with E-state index in [0.29, 0.717) is 20.7 Å². The number of para-hydroxylation sites is 1. The number of methoxy groups -OCH3 is 1. The minimum absolute atomic E-state index is 0.378. The number of nitrogens with zero attached hydrogens (tertiary/aromatic N) is 1. The Labute approximate surface area is 114 Å². The Balaban J connectivity index is 2.26. The minimum atomic E-state index is -0.378. The van der Waals surface area contributed by atoms with E-state index in [1.807, 2.05) is 18.2 Å². The summed E-state index contributed by atoms with van der Waals surface area (Å²) < 4.78 is 4.68. The fourth-order valence-corrected chi connectivity index (χ4v) is 2.49. The molecule has 4 nitrogen and oxygen atoms in total. The van der Waals surface area contributed by atoms with Gasteiger partial charge in [0.05, 0.1) is 23.5 Å². The number of aryl methyl sites for hydroxylation is 1. The largest absolute Gasteiger partial charge is 0.465 e. The molecular formula is C12H11ClN2O2S. The van der Waals surface area contributed by atoms with Crippen molar-refractivity contribution >= 4 is 39.7 Å². The van der Waals surface area contributed by atoms with Crippen molar-refractivity contribution in [2.75, 3.05) is 12.4 Å². The van der Waals surface area contributed by atoms with Crippen LogP contribution in [0.4, 0.5) is 10.8 Å². The van der Waals surface area contributed by atoms with Crippen LogP contribution in [0.25, 0.3) is 0 Å². The molecule has 0 spiro atoms. The lowest BCUT2D eigenvalue weighted by Crippen LogP contribution is -1.99. The molecule has 2 aromatic rings. The number of hydrogen-bond acceptors (Lipinski definition) is 5. The standard InChI is InChI=1S/C12H11ClN2O2S/c1-7-10(11(16)17-2)18-12(14-7)15-9-6-4-3-5-8(9)13/h3-6H,1-2H3,(H,14,15). The Morgan fingerprint density at radius 2 is 2.17 bits per heavy atom. The predicted octanol–water partition coefficient (Wildman–Crippen LogP) is 3.64. The highest BCUT2D eigenvalue weighted by atomic mass is 35.5. The molecule has 0 aliphatic heterocycles. The van der Waals surface area contributed by atoms with Crippen molar-refractivity contribution in [3.8, 4) is 0 Å². The number of carbonyl (C=O) groups excluding carboxylic acids is 1. The molecule has 0 saturated carbocycles. The molecule has 0 aliphatic rings. The number of benzene rings is 1. The molecule has 0 unspecified atom stereocenters. The van der Waals surface area contributed by atoms with E-state index >= 15 is 0 Å². The number of halogens is 1. The Hall–Kier alpha value is -1.59. The van der Waals surface area contributed by atoms with Crippen molar-refractivity contribution in [2.24, 2.45) is 0 Å². The molecule has 6 heteroatoms. The number of hydrogen-bond donors (Lipinski definition) is 1. The van der Waals surface area contributed by atoms with Crippen LogP contribution in [0, 0.1) is 6.92 Å². The summed E-state index contributed by atoms with van der Waals surface area (Å²) in [5, 5.41) is 4.29. The fraction of sp³-hybridized carbons (Fsp3) is 0.167. The lowest BCUT2D eigenvalue weighted by Gasteiger charge is -2.03. The quantitative estimate of drug-likeness (QED) is 0.873. The van der Waals surface area contributed by atoms with Gasteiger partial charge in [0.2, 0.25) is 0 Å². The normalized spacial score (nSPS) is 10.2. The summed E-state index contributed by atoms with van der Waals surface area (Å²) >= 11 is 7.27. The van der Waals surface area contributed by atoms with Gasteiger partial charge in [0.15, 0.2) is 5.13 Å². The first-order valence-corrected chi connectivity index (χ1v) is 6.38. The zero-order valence-electron chi connectivity index (χ0n) is 9.86. The summed E-state index contributed by atoms with van der Waals surface area (Å²) in [4.78, 5) is 16.2. The van der Waals surface area contributed by atoms with Gasteiger partial charge in [0, 0.05) is 0 Å². The van der Waals surface area contributed by atoms with Crippen molar-refractivity contribution in [3.05, 3.63) is 39.9 Å². The van der Waals surface area contributed by atoms with Gasteiger partial charge in [-0.05, 0) is 19.1 Å². The van der Waals surface area contributed by atoms with E-state index in [1.165, 1.54) is 18.4 Å². The van der Waals surface area contributed by atoms with Crippen molar-refractivity contribution < 1.29 is 9.53 Å². The van der Waals surface area contributed by atoms with Crippen LogP contribution in [-0.2, 0) is 4.74 Å². The molecule has 1 heterocycles. The average molecular weight is 283 g/mol. The van der Waals surface area contributed by atoms with Crippen LogP contribution in [0.2, 0.25) is 5.02 Å². The van der Waals surface area contributed by atoms with Crippen LogP contribution in [-0.4, -0.2) is 18.1 Å². The number of esters is 1. The van der Waals surface area contributed by atoms with Gasteiger partial charge in [-0.2, -0.15) is 0 Å². The maximum absolute atomic E-state index is 11.5. The summed E-state index contributed by atoms with van der Waals surface area (Å²) in [7, 11) is 1.35. The molecule has 0 bridgehead atoms. The Morgan fingerprint density at radius 3 is 2.83 bits per heavy atom. The fourth-order valence-electron chi connectivity index (χ4n) is 1.41. The van der Waals surface area contributed by atoms with E-state index in [-0.39, 0.29) is 5.97 Å². The smallest absolute Gasteiger partial charge is 0.350 e. The maximum atomic E-state index is 11.5. The third-order valence-electron chi connectivity index (χ3n) is 2.28. The summed E-state index contributed by atoms with van der Waals surface area (Å²) in [5.41, 5.74) is 1.39. The lowest BCUT2D eigenvalue weighted by molar-refractivity contribution is 0.0605. The zero-order chi connectivity index (χ0) is 13.1. The molecule has 0 amide bonds. The van der Waals surface area contributed by atoms with Gasteiger partial charge >= 0.3 is 5.97 Å². The SMILES string of the molecule is COC(=O)c1sc(Nc2ccccc2Cl)nc1C. The van der Waals surface area contributed by atoms with Gasteiger partial charge in [0.25, 0.3) is 0 Å². The van der Waals surface area contributed by atoms with Crippen LogP contribution in [0.3, 0.4) is 0 Å². The van der Waals surface area contributed by atoms with Crippen LogP contribution in [0.5, 0.6) is 0 Å². The van der Waals surface area contributed by atoms with Gasteiger partial charge in [0.1, 0.15) is 4.88 Å². The Morgan fingerprint density at radius 1 is 1.44 bits per heavy atom. The molecule has 2 rings (SSSR count). The number of anilines is 2. The first-order valence-electron chi connectivity index (χ1n) is 5.19. The van der Waals surface area contributed by atoms with Crippen molar-refractivity contribution in [1.82, 2.24) is 4.98 Å². The van der Waals surface area contributed by atoms with Crippen molar-refractivity contribution in [1.29, 1.82) is 0 Å². The van der Waals surface area contributed by atoms with E-state index in [1.54, 1.807) is 13.0 Å². The minimum Gasteiger partial charge on any atom is -0.465 e. The first kappa shape index (κ1) is 12.9. The predicted molar refractivity (Wildman–Crippen MR) is 72.9 cm³/mol. The first-order chi connectivity index (χ1) is 8.61. The number of ether oxygens (including phenoxy) is 1. The summed E-state index contributed by atoms with van der Waals surface area (Å²) in [6.07, 6.45) is 0. The zero-order valence-corrected chi connectivity index (χ0v) is 11.4. The Bertz CT molecular complexity index is 583. The molecule has 0 radical (unpaired) electrons. The van der Waals surface area contributed by atoms with Crippen LogP contribution in [0.1, 0.15) is 15.4 Å². The van der Waals surface area contributed by atoms with E-state index in [2.05, 4.69) is 15.0 Å². The highest BCUT2D eigenvalue weighted by Gasteiger charge is 2.15. The number of rotatable bonds is 3. The second-order valence-electron chi connectivity index (χ2n) is 3.53. The molecule has 1 aromatic heterocycles. The van der Waals surface area contributed by atoms with E-state index in [4.69, 9.17) is 11.6 Å². The molecule has 0 aliphatic carbocycles. The second-order valence-corrected chi connectivity index (χ2v) is 4.94. The number of thiazole rings is 1. The van der Waals surface area contributed by atoms with Gasteiger partial charge in [-0.25, -0.2) is 9.78 Å². The van der Waals surface area contributed by atoms with E-state index < -0.39 is 0 Å². The maximum Gasteiger partial charge on any atom is 0.350 e. The van der Waals surface area contributed by atoms with Crippen LogP contribution >= 0.6 is 22.9 Å². The number of nitrogens with one attached hydrogen (secondary N) is 1. The molecule has 1 aromatic carbocycles. The van der Waals surface area contributed by atoms with Crippen LogP contribution < -0.4 is 5.32 Å². The highest BCUT2D eigenvalue weighted by Crippen LogP contribution is 2.29. The van der Waals surface area contributed by atoms with Gasteiger partial charge in [-0.3, -0.25) is 0 Å². The molecule has 94 valence electrons. The van der Waals surface area contributed by atoms with Crippen molar-refractivity contribution in [3.63, 3.8) is 0 Å². The summed E-state index contributed by atoms with van der Waals surface area (Å²) in [6, 6.07) is 7.35. The van der Waals surface area contributed by atoms with E-state index in [0.717, 1.165) is 5.69 Å². The van der Waals surface area contributed by atoms with Gasteiger partial charge < -0.3 is 10.1 Å². The molecule has 0 fully saturated rings. The number of carbonyl (C=O) groups is 1. The van der Waals surface area contributed by atoms with E-state index in [9.17, 15) is 4.79 Å². The lowest BCUT2D eigenvalue weighted by atomic mass is 10.3. The highest BCUT2D eigenvalue weighted by molar-refractivity contribution is 7.17. The van der Waals surface area contributed by atoms with Gasteiger partial charge in [-0.1, -0.05) is 35.1 Å². The third kappa shape index (κ3) is 2.63. The summed E-state index contributed by atoms with van der Waals surface area (Å²) in [6.45, 7) is 1.76. The Kier molecular flexibility index (Phi) is 3.84. The average Bonchev–Trinajstić information content (AvgIpc) is 2.72. The van der Waals surface area contributed by atoms with Crippen molar-refractivity contribution in [2.45, 2.75) is 6.92 Å². The molecule has 0 saturated heterocycles.